The summed E-state index contributed by atoms with van der Waals surface area (Å²) in [6.07, 6.45) is 1.07. The molecular weight excluding hydrogens is 304 g/mol. The number of aryl methyl sites for hydroxylation is 1. The summed E-state index contributed by atoms with van der Waals surface area (Å²) in [4.78, 5) is 26.7. The molecule has 0 atom stereocenters. The largest absolute Gasteiger partial charge is 0.465 e. The maximum Gasteiger partial charge on any atom is 0.410 e. The van der Waals surface area contributed by atoms with Crippen molar-refractivity contribution in [3.05, 3.63) is 18.3 Å². The Morgan fingerprint density at radius 1 is 1.30 bits per heavy atom. The van der Waals surface area contributed by atoms with E-state index in [1.165, 1.54) is 10.9 Å². The maximum absolute atomic E-state index is 11.7. The SMILES string of the molecule is Cn1nnc(-c2ccc(NC(=O)C3(O)CC3)cn2)c1NC(=O)O. The first-order chi connectivity index (χ1) is 10.9. The topological polar surface area (TPSA) is 142 Å². The predicted molar refractivity (Wildman–Crippen MR) is 78.7 cm³/mol. The number of nitrogens with zero attached hydrogens (tertiary/aromatic N) is 4. The quantitative estimate of drug-likeness (QED) is 0.640. The van der Waals surface area contributed by atoms with Gasteiger partial charge in [0.2, 0.25) is 0 Å². The summed E-state index contributed by atoms with van der Waals surface area (Å²) >= 11 is 0. The van der Waals surface area contributed by atoms with Gasteiger partial charge in [-0.25, -0.2) is 9.48 Å². The first kappa shape index (κ1) is 14.9. The number of amides is 2. The van der Waals surface area contributed by atoms with Crippen LogP contribution in [0.4, 0.5) is 16.3 Å². The Morgan fingerprint density at radius 2 is 2.04 bits per heavy atom. The number of aromatic nitrogens is 4. The summed E-state index contributed by atoms with van der Waals surface area (Å²) in [6.45, 7) is 0. The van der Waals surface area contributed by atoms with Crippen LogP contribution >= 0.6 is 0 Å². The van der Waals surface area contributed by atoms with Gasteiger partial charge in [0.15, 0.2) is 11.5 Å². The second kappa shape index (κ2) is 5.32. The van der Waals surface area contributed by atoms with Crippen LogP contribution < -0.4 is 10.6 Å². The number of hydrogen-bond donors (Lipinski definition) is 4. The molecule has 1 saturated carbocycles. The fourth-order valence-corrected chi connectivity index (χ4v) is 1.97. The zero-order valence-electron chi connectivity index (χ0n) is 12.1. The molecular formula is C13H14N6O4. The normalized spacial score (nSPS) is 15.0. The van der Waals surface area contributed by atoms with E-state index in [0.717, 1.165) is 0 Å². The number of pyridine rings is 1. The molecule has 0 spiro atoms. The first-order valence-corrected chi connectivity index (χ1v) is 6.79. The highest BCUT2D eigenvalue weighted by molar-refractivity contribution is 5.99. The van der Waals surface area contributed by atoms with Gasteiger partial charge in [-0.2, -0.15) is 0 Å². The Morgan fingerprint density at radius 3 is 2.61 bits per heavy atom. The number of anilines is 2. The van der Waals surface area contributed by atoms with Crippen LogP contribution in [0.15, 0.2) is 18.3 Å². The van der Waals surface area contributed by atoms with Crippen molar-refractivity contribution in [2.24, 2.45) is 7.05 Å². The summed E-state index contributed by atoms with van der Waals surface area (Å²) < 4.78 is 1.28. The summed E-state index contributed by atoms with van der Waals surface area (Å²) in [5.41, 5.74) is -0.170. The third-order valence-corrected chi connectivity index (χ3v) is 3.46. The summed E-state index contributed by atoms with van der Waals surface area (Å²) in [7, 11) is 1.55. The summed E-state index contributed by atoms with van der Waals surface area (Å²) in [5.74, 6) is -0.270. The van der Waals surface area contributed by atoms with E-state index in [9.17, 15) is 14.7 Å². The van der Waals surface area contributed by atoms with E-state index < -0.39 is 17.6 Å². The van der Waals surface area contributed by atoms with Gasteiger partial charge in [0.1, 0.15) is 5.60 Å². The highest BCUT2D eigenvalue weighted by Gasteiger charge is 2.48. The van der Waals surface area contributed by atoms with Gasteiger partial charge in [-0.3, -0.25) is 15.1 Å². The highest BCUT2D eigenvalue weighted by Crippen LogP contribution is 2.36. The maximum atomic E-state index is 11.7. The van der Waals surface area contributed by atoms with Crippen LogP contribution in [0.5, 0.6) is 0 Å². The molecule has 0 aromatic carbocycles. The van der Waals surface area contributed by atoms with Crippen molar-refractivity contribution in [3.8, 4) is 11.4 Å². The van der Waals surface area contributed by atoms with Crippen LogP contribution in [0.2, 0.25) is 0 Å². The molecule has 0 radical (unpaired) electrons. The zero-order chi connectivity index (χ0) is 16.6. The van der Waals surface area contributed by atoms with E-state index in [2.05, 4.69) is 25.9 Å². The average Bonchev–Trinajstić information content (AvgIpc) is 3.17. The van der Waals surface area contributed by atoms with E-state index in [0.29, 0.717) is 24.2 Å². The smallest absolute Gasteiger partial charge is 0.410 e. The van der Waals surface area contributed by atoms with Crippen molar-refractivity contribution < 1.29 is 19.8 Å². The molecule has 10 heteroatoms. The molecule has 0 saturated heterocycles. The number of nitrogens with one attached hydrogen (secondary N) is 2. The van der Waals surface area contributed by atoms with Crippen molar-refractivity contribution in [1.29, 1.82) is 0 Å². The number of rotatable bonds is 4. The molecule has 0 bridgehead atoms. The van der Waals surface area contributed by atoms with Gasteiger partial charge >= 0.3 is 6.09 Å². The van der Waals surface area contributed by atoms with Crippen molar-refractivity contribution in [2.45, 2.75) is 18.4 Å². The molecule has 0 aliphatic heterocycles. The van der Waals surface area contributed by atoms with Crippen molar-refractivity contribution >= 4 is 23.5 Å². The predicted octanol–water partition coefficient (Wildman–Crippen LogP) is 0.430. The molecule has 4 N–H and O–H groups in total. The monoisotopic (exact) mass is 318 g/mol. The van der Waals surface area contributed by atoms with Crippen LogP contribution in [0, 0.1) is 0 Å². The Bertz CT molecular complexity index is 765. The van der Waals surface area contributed by atoms with Crippen LogP contribution in [0.25, 0.3) is 11.4 Å². The molecule has 10 nitrogen and oxygen atoms in total. The van der Waals surface area contributed by atoms with Crippen molar-refractivity contribution in [1.82, 2.24) is 20.0 Å². The third-order valence-electron chi connectivity index (χ3n) is 3.46. The second-order valence-corrected chi connectivity index (χ2v) is 5.26. The van der Waals surface area contributed by atoms with E-state index in [1.54, 1.807) is 19.2 Å². The Hall–Kier alpha value is -3.01. The van der Waals surface area contributed by atoms with Crippen LogP contribution in [0.3, 0.4) is 0 Å². The van der Waals surface area contributed by atoms with Gasteiger partial charge in [-0.1, -0.05) is 5.21 Å². The standard InChI is InChI=1S/C13H14N6O4/c1-19-10(16-12(21)22)9(17-18-19)8-3-2-7(6-14-8)15-11(20)13(23)4-5-13/h2-3,6,16,23H,4-5H2,1H3,(H,15,20)(H,21,22). The van der Waals surface area contributed by atoms with Crippen LogP contribution in [-0.4, -0.2) is 47.8 Å². The molecule has 2 aromatic rings. The van der Waals surface area contributed by atoms with Gasteiger partial charge in [0, 0.05) is 7.05 Å². The fourth-order valence-electron chi connectivity index (χ4n) is 1.97. The number of hydrogen-bond acceptors (Lipinski definition) is 6. The second-order valence-electron chi connectivity index (χ2n) is 5.26. The lowest BCUT2D eigenvalue weighted by atomic mass is 10.2. The fraction of sp³-hybridized carbons (Fsp3) is 0.308. The molecule has 1 aliphatic carbocycles. The van der Waals surface area contributed by atoms with Crippen LogP contribution in [-0.2, 0) is 11.8 Å². The minimum atomic E-state index is -1.26. The van der Waals surface area contributed by atoms with Gasteiger partial charge in [0.25, 0.3) is 5.91 Å². The molecule has 2 heterocycles. The average molecular weight is 318 g/mol. The lowest BCUT2D eigenvalue weighted by Crippen LogP contribution is -2.29. The molecule has 23 heavy (non-hydrogen) atoms. The summed E-state index contributed by atoms with van der Waals surface area (Å²) in [5, 5.41) is 30.9. The van der Waals surface area contributed by atoms with Crippen LogP contribution in [0.1, 0.15) is 12.8 Å². The molecule has 0 unspecified atom stereocenters. The molecule has 1 fully saturated rings. The Kier molecular flexibility index (Phi) is 3.45. The third kappa shape index (κ3) is 2.97. The highest BCUT2D eigenvalue weighted by atomic mass is 16.4. The minimum Gasteiger partial charge on any atom is -0.465 e. The first-order valence-electron chi connectivity index (χ1n) is 6.79. The van der Waals surface area contributed by atoms with E-state index in [4.69, 9.17) is 5.11 Å². The van der Waals surface area contributed by atoms with Crippen molar-refractivity contribution in [2.75, 3.05) is 10.6 Å². The lowest BCUT2D eigenvalue weighted by Gasteiger charge is -2.09. The van der Waals surface area contributed by atoms with Gasteiger partial charge < -0.3 is 15.5 Å². The minimum absolute atomic E-state index is 0.189. The zero-order valence-corrected chi connectivity index (χ0v) is 12.1. The Labute approximate surface area is 130 Å². The number of carbonyl (C=O) groups is 2. The molecule has 3 rings (SSSR count). The molecule has 1 aliphatic rings. The van der Waals surface area contributed by atoms with Gasteiger partial charge in [-0.05, 0) is 25.0 Å². The van der Waals surface area contributed by atoms with E-state index >= 15 is 0 Å². The van der Waals surface area contributed by atoms with E-state index in [1.807, 2.05) is 0 Å². The number of carbonyl (C=O) groups excluding carboxylic acids is 1. The van der Waals surface area contributed by atoms with Gasteiger partial charge in [0.05, 0.1) is 17.6 Å². The molecule has 120 valence electrons. The van der Waals surface area contributed by atoms with E-state index in [-0.39, 0.29) is 11.5 Å². The van der Waals surface area contributed by atoms with Gasteiger partial charge in [-0.15, -0.1) is 5.10 Å². The number of aliphatic hydroxyl groups is 1. The molecule has 2 aromatic heterocycles. The summed E-state index contributed by atoms with van der Waals surface area (Å²) in [6, 6.07) is 3.16. The Balaban J connectivity index is 1.80. The number of carboxylic acid groups (broad SMARTS) is 1. The lowest BCUT2D eigenvalue weighted by molar-refractivity contribution is -0.125. The van der Waals surface area contributed by atoms with Crippen molar-refractivity contribution in [3.63, 3.8) is 0 Å². The molecule has 2 amide bonds.